The SMILES string of the molecule is CC1=NN(c2ccccc2)C(=O)/C1=C/c1ccccc1S(=O)(=O)O. The predicted molar refractivity (Wildman–Crippen MR) is 91.3 cm³/mol. The van der Waals surface area contributed by atoms with Gasteiger partial charge >= 0.3 is 0 Å². The summed E-state index contributed by atoms with van der Waals surface area (Å²) >= 11 is 0. The molecule has 24 heavy (non-hydrogen) atoms. The van der Waals surface area contributed by atoms with Gasteiger partial charge in [-0.25, -0.2) is 0 Å². The van der Waals surface area contributed by atoms with Crippen LogP contribution in [0.3, 0.4) is 0 Å². The molecule has 0 atom stereocenters. The van der Waals surface area contributed by atoms with Crippen LogP contribution in [0, 0.1) is 0 Å². The Balaban J connectivity index is 2.05. The number of rotatable bonds is 3. The smallest absolute Gasteiger partial charge is 0.282 e. The molecule has 1 amide bonds. The lowest BCUT2D eigenvalue weighted by Gasteiger charge is -2.11. The first-order valence-corrected chi connectivity index (χ1v) is 8.55. The highest BCUT2D eigenvalue weighted by Crippen LogP contribution is 2.26. The van der Waals surface area contributed by atoms with Crippen molar-refractivity contribution >= 4 is 33.5 Å². The standard InChI is InChI=1S/C17H14N2O4S/c1-12-15(11-13-7-5-6-10-16(13)24(21,22)23)17(20)19(18-12)14-8-3-2-4-9-14/h2-11H,1H3,(H,21,22,23)/b15-11+. The fraction of sp³-hybridized carbons (Fsp3) is 0.0588. The van der Waals surface area contributed by atoms with Gasteiger partial charge in [-0.05, 0) is 36.8 Å². The van der Waals surface area contributed by atoms with E-state index in [4.69, 9.17) is 0 Å². The van der Waals surface area contributed by atoms with Crippen LogP contribution < -0.4 is 5.01 Å². The van der Waals surface area contributed by atoms with Crippen molar-refractivity contribution < 1.29 is 17.8 Å². The minimum atomic E-state index is -4.39. The summed E-state index contributed by atoms with van der Waals surface area (Å²) in [6, 6.07) is 14.9. The third-order valence-corrected chi connectivity index (χ3v) is 4.49. The second-order valence-electron chi connectivity index (χ2n) is 5.21. The van der Waals surface area contributed by atoms with Gasteiger partial charge in [0.05, 0.1) is 17.0 Å². The molecule has 1 aliphatic rings. The fourth-order valence-corrected chi connectivity index (χ4v) is 3.09. The average molecular weight is 342 g/mol. The zero-order valence-electron chi connectivity index (χ0n) is 12.7. The summed E-state index contributed by atoms with van der Waals surface area (Å²) in [4.78, 5) is 12.4. The number of carbonyl (C=O) groups is 1. The van der Waals surface area contributed by atoms with Crippen LogP contribution in [0.2, 0.25) is 0 Å². The molecule has 7 heteroatoms. The minimum Gasteiger partial charge on any atom is -0.282 e. The zero-order chi connectivity index (χ0) is 17.3. The topological polar surface area (TPSA) is 87.0 Å². The lowest BCUT2D eigenvalue weighted by Crippen LogP contribution is -2.21. The quantitative estimate of drug-likeness (QED) is 0.686. The molecule has 0 saturated carbocycles. The summed E-state index contributed by atoms with van der Waals surface area (Å²) in [5.41, 5.74) is 1.59. The number of hydrogen-bond acceptors (Lipinski definition) is 4. The van der Waals surface area contributed by atoms with Crippen LogP contribution in [0.1, 0.15) is 12.5 Å². The highest BCUT2D eigenvalue weighted by Gasteiger charge is 2.29. The van der Waals surface area contributed by atoms with Gasteiger partial charge in [0.1, 0.15) is 4.90 Å². The predicted octanol–water partition coefficient (Wildman–Crippen LogP) is 2.74. The molecule has 0 fully saturated rings. The summed E-state index contributed by atoms with van der Waals surface area (Å²) < 4.78 is 32.3. The molecule has 0 bridgehead atoms. The first kappa shape index (κ1) is 16.1. The highest BCUT2D eigenvalue weighted by molar-refractivity contribution is 7.85. The van der Waals surface area contributed by atoms with Crippen molar-refractivity contribution in [2.24, 2.45) is 5.10 Å². The van der Waals surface area contributed by atoms with Crippen LogP contribution >= 0.6 is 0 Å². The van der Waals surface area contributed by atoms with E-state index in [0.717, 1.165) is 0 Å². The van der Waals surface area contributed by atoms with E-state index >= 15 is 0 Å². The van der Waals surface area contributed by atoms with E-state index in [1.54, 1.807) is 37.3 Å². The molecule has 1 aliphatic heterocycles. The maximum Gasteiger partial charge on any atom is 0.295 e. The third kappa shape index (κ3) is 2.99. The Morgan fingerprint density at radius 3 is 2.33 bits per heavy atom. The summed E-state index contributed by atoms with van der Waals surface area (Å²) in [6.07, 6.45) is 1.42. The Bertz CT molecular complexity index is 963. The molecule has 1 heterocycles. The van der Waals surface area contributed by atoms with Crippen LogP contribution in [-0.4, -0.2) is 24.6 Å². The molecule has 0 saturated heterocycles. The van der Waals surface area contributed by atoms with Gasteiger partial charge in [0.15, 0.2) is 0 Å². The van der Waals surface area contributed by atoms with Crippen LogP contribution in [0.25, 0.3) is 6.08 Å². The van der Waals surface area contributed by atoms with Crippen molar-refractivity contribution in [2.45, 2.75) is 11.8 Å². The Labute approximate surface area is 139 Å². The Hall–Kier alpha value is -2.77. The normalized spacial score (nSPS) is 16.6. The zero-order valence-corrected chi connectivity index (χ0v) is 13.6. The van der Waals surface area contributed by atoms with Crippen molar-refractivity contribution in [2.75, 3.05) is 5.01 Å². The molecular formula is C17H14N2O4S. The van der Waals surface area contributed by atoms with E-state index in [1.165, 1.54) is 29.3 Å². The van der Waals surface area contributed by atoms with Crippen molar-refractivity contribution in [3.8, 4) is 0 Å². The Morgan fingerprint density at radius 2 is 1.67 bits per heavy atom. The van der Waals surface area contributed by atoms with Gasteiger partial charge in [-0.3, -0.25) is 9.35 Å². The number of amides is 1. The fourth-order valence-electron chi connectivity index (χ4n) is 2.42. The molecule has 6 nitrogen and oxygen atoms in total. The molecule has 3 rings (SSSR count). The Morgan fingerprint density at radius 1 is 1.04 bits per heavy atom. The summed E-state index contributed by atoms with van der Waals surface area (Å²) in [7, 11) is -4.39. The molecule has 2 aromatic carbocycles. The summed E-state index contributed by atoms with van der Waals surface area (Å²) in [5.74, 6) is -0.358. The lowest BCUT2D eigenvalue weighted by molar-refractivity contribution is -0.114. The molecule has 2 aromatic rings. The van der Waals surface area contributed by atoms with Gasteiger partial charge in [0, 0.05) is 0 Å². The highest BCUT2D eigenvalue weighted by atomic mass is 32.2. The van der Waals surface area contributed by atoms with Gasteiger partial charge in [-0.1, -0.05) is 36.4 Å². The number of anilines is 1. The maximum atomic E-state index is 12.6. The molecule has 0 unspecified atom stereocenters. The first-order chi connectivity index (χ1) is 11.4. The van der Waals surface area contributed by atoms with Crippen LogP contribution in [0.15, 0.2) is 70.2 Å². The summed E-state index contributed by atoms with van der Waals surface area (Å²) in [5, 5.41) is 5.49. The number of hydrazone groups is 1. The van der Waals surface area contributed by atoms with Crippen LogP contribution in [-0.2, 0) is 14.9 Å². The van der Waals surface area contributed by atoms with Gasteiger partial charge in [0.2, 0.25) is 0 Å². The molecular weight excluding hydrogens is 328 g/mol. The minimum absolute atomic E-state index is 0.229. The van der Waals surface area contributed by atoms with E-state index in [2.05, 4.69) is 5.10 Å². The van der Waals surface area contributed by atoms with Gasteiger partial charge in [-0.15, -0.1) is 0 Å². The summed E-state index contributed by atoms with van der Waals surface area (Å²) in [6.45, 7) is 1.67. The lowest BCUT2D eigenvalue weighted by atomic mass is 10.1. The molecule has 122 valence electrons. The molecule has 0 spiro atoms. The second kappa shape index (κ2) is 6.03. The molecule has 0 radical (unpaired) electrons. The number of nitrogens with zero attached hydrogens (tertiary/aromatic N) is 2. The van der Waals surface area contributed by atoms with Gasteiger partial charge in [0.25, 0.3) is 16.0 Å². The first-order valence-electron chi connectivity index (χ1n) is 7.11. The third-order valence-electron chi connectivity index (χ3n) is 3.56. The second-order valence-corrected chi connectivity index (χ2v) is 6.60. The van der Waals surface area contributed by atoms with Crippen molar-refractivity contribution in [3.63, 3.8) is 0 Å². The monoisotopic (exact) mass is 342 g/mol. The van der Waals surface area contributed by atoms with E-state index in [0.29, 0.717) is 11.4 Å². The average Bonchev–Trinajstić information content (AvgIpc) is 2.83. The number of benzene rings is 2. The molecule has 0 aliphatic carbocycles. The van der Waals surface area contributed by atoms with E-state index in [1.807, 2.05) is 6.07 Å². The van der Waals surface area contributed by atoms with Gasteiger partial charge < -0.3 is 0 Å². The van der Waals surface area contributed by atoms with Crippen LogP contribution in [0.4, 0.5) is 5.69 Å². The van der Waals surface area contributed by atoms with E-state index in [9.17, 15) is 17.8 Å². The number of carbonyl (C=O) groups excluding carboxylic acids is 1. The van der Waals surface area contributed by atoms with Crippen molar-refractivity contribution in [1.82, 2.24) is 0 Å². The van der Waals surface area contributed by atoms with Crippen LogP contribution in [0.5, 0.6) is 0 Å². The number of hydrogen-bond donors (Lipinski definition) is 1. The maximum absolute atomic E-state index is 12.6. The van der Waals surface area contributed by atoms with E-state index < -0.39 is 10.1 Å². The number of para-hydroxylation sites is 1. The van der Waals surface area contributed by atoms with Gasteiger partial charge in [-0.2, -0.15) is 18.5 Å². The van der Waals surface area contributed by atoms with Crippen molar-refractivity contribution in [3.05, 3.63) is 65.7 Å². The van der Waals surface area contributed by atoms with E-state index in [-0.39, 0.29) is 21.9 Å². The Kier molecular flexibility index (Phi) is 4.04. The van der Waals surface area contributed by atoms with Crippen molar-refractivity contribution in [1.29, 1.82) is 0 Å². The molecule has 1 N–H and O–H groups in total. The largest absolute Gasteiger partial charge is 0.295 e. The molecule has 0 aromatic heterocycles.